The summed E-state index contributed by atoms with van der Waals surface area (Å²) in [5.74, 6) is 1.50. The Hall–Kier alpha value is -2.88. The molecule has 2 aromatic carbocycles. The number of para-hydroxylation sites is 1. The average Bonchev–Trinajstić information content (AvgIpc) is 3.08. The Morgan fingerprint density at radius 2 is 1.92 bits per heavy atom. The van der Waals surface area contributed by atoms with Crippen molar-refractivity contribution in [2.45, 2.75) is 27.2 Å². The van der Waals surface area contributed by atoms with Crippen LogP contribution in [0.15, 0.2) is 54.7 Å². The molecule has 0 saturated heterocycles. The Morgan fingerprint density at radius 1 is 1.15 bits per heavy atom. The van der Waals surface area contributed by atoms with E-state index in [1.54, 1.807) is 10.9 Å². The summed E-state index contributed by atoms with van der Waals surface area (Å²) < 4.78 is 7.61. The third-order valence-corrected chi connectivity index (χ3v) is 4.29. The van der Waals surface area contributed by atoms with Gasteiger partial charge in [0, 0.05) is 11.8 Å². The first-order chi connectivity index (χ1) is 12.6. The number of hydrogen-bond acceptors (Lipinski definition) is 3. The first kappa shape index (κ1) is 17.9. The molecule has 1 aromatic heterocycles. The van der Waals surface area contributed by atoms with Crippen molar-refractivity contribution < 1.29 is 9.53 Å². The Morgan fingerprint density at radius 3 is 2.58 bits per heavy atom. The number of carbonyl (C=O) groups is 1. The molecule has 0 unspecified atom stereocenters. The molecular formula is C22H24N2O2. The van der Waals surface area contributed by atoms with E-state index < -0.39 is 0 Å². The summed E-state index contributed by atoms with van der Waals surface area (Å²) >= 11 is 0. The topological polar surface area (TPSA) is 44.1 Å². The van der Waals surface area contributed by atoms with Crippen molar-refractivity contribution in [3.63, 3.8) is 0 Å². The van der Waals surface area contributed by atoms with E-state index >= 15 is 0 Å². The van der Waals surface area contributed by atoms with Crippen molar-refractivity contribution in [3.8, 4) is 22.7 Å². The molecule has 0 radical (unpaired) electrons. The van der Waals surface area contributed by atoms with Crippen LogP contribution >= 0.6 is 0 Å². The van der Waals surface area contributed by atoms with Crippen molar-refractivity contribution >= 4 is 6.29 Å². The number of aryl methyl sites for hydroxylation is 1. The smallest absolute Gasteiger partial charge is 0.153 e. The fraction of sp³-hybridized carbons (Fsp3) is 0.273. The number of carbonyl (C=O) groups excluding carboxylic acids is 1. The lowest BCUT2D eigenvalue weighted by Crippen LogP contribution is -2.02. The quantitative estimate of drug-likeness (QED) is 0.559. The van der Waals surface area contributed by atoms with Crippen LogP contribution in [-0.4, -0.2) is 22.7 Å². The standard InChI is InChI=1S/C22H24N2O2/c1-16(2)11-12-26-21-10-9-18(13-17(21)3)22-19(15-25)14-24(23-22)20-7-5-4-6-8-20/h4-10,13-16H,11-12H2,1-3H3. The molecule has 134 valence electrons. The molecule has 0 aliphatic carbocycles. The van der Waals surface area contributed by atoms with E-state index in [9.17, 15) is 4.79 Å². The van der Waals surface area contributed by atoms with Crippen LogP contribution < -0.4 is 4.74 Å². The van der Waals surface area contributed by atoms with Gasteiger partial charge in [-0.1, -0.05) is 32.0 Å². The van der Waals surface area contributed by atoms with Gasteiger partial charge in [-0.15, -0.1) is 0 Å². The fourth-order valence-corrected chi connectivity index (χ4v) is 2.77. The Kier molecular flexibility index (Phi) is 5.52. The second-order valence-electron chi connectivity index (χ2n) is 6.84. The van der Waals surface area contributed by atoms with Crippen LogP contribution in [0, 0.1) is 12.8 Å². The van der Waals surface area contributed by atoms with E-state index in [0.29, 0.717) is 23.8 Å². The van der Waals surface area contributed by atoms with Gasteiger partial charge in [0.15, 0.2) is 6.29 Å². The Balaban J connectivity index is 1.88. The summed E-state index contributed by atoms with van der Waals surface area (Å²) in [7, 11) is 0. The Bertz CT molecular complexity index is 882. The molecule has 0 N–H and O–H groups in total. The first-order valence-corrected chi connectivity index (χ1v) is 8.92. The molecule has 3 rings (SSSR count). The predicted octanol–water partition coefficient (Wildman–Crippen LogP) is 5.09. The van der Waals surface area contributed by atoms with Crippen molar-refractivity contribution in [3.05, 3.63) is 65.9 Å². The Labute approximate surface area is 154 Å². The minimum absolute atomic E-state index is 0.571. The van der Waals surface area contributed by atoms with Crippen LogP contribution in [0.2, 0.25) is 0 Å². The van der Waals surface area contributed by atoms with Gasteiger partial charge in [-0.25, -0.2) is 4.68 Å². The number of aldehydes is 1. The summed E-state index contributed by atoms with van der Waals surface area (Å²) in [5.41, 5.74) is 4.13. The molecule has 0 aliphatic rings. The van der Waals surface area contributed by atoms with Crippen molar-refractivity contribution in [1.29, 1.82) is 0 Å². The number of hydrogen-bond donors (Lipinski definition) is 0. The number of aromatic nitrogens is 2. The van der Waals surface area contributed by atoms with Gasteiger partial charge in [0.05, 0.1) is 17.9 Å². The highest BCUT2D eigenvalue weighted by Gasteiger charge is 2.13. The number of ether oxygens (including phenoxy) is 1. The van der Waals surface area contributed by atoms with Crippen LogP contribution in [0.25, 0.3) is 16.9 Å². The molecular weight excluding hydrogens is 324 g/mol. The molecule has 0 atom stereocenters. The van der Waals surface area contributed by atoms with Gasteiger partial charge in [-0.05, 0) is 55.2 Å². The van der Waals surface area contributed by atoms with E-state index in [1.165, 1.54) is 0 Å². The molecule has 0 spiro atoms. The first-order valence-electron chi connectivity index (χ1n) is 8.92. The lowest BCUT2D eigenvalue weighted by atomic mass is 10.1. The monoisotopic (exact) mass is 348 g/mol. The van der Waals surface area contributed by atoms with Crippen molar-refractivity contribution in [1.82, 2.24) is 9.78 Å². The van der Waals surface area contributed by atoms with E-state index in [-0.39, 0.29) is 0 Å². The highest BCUT2D eigenvalue weighted by molar-refractivity contribution is 5.85. The second kappa shape index (κ2) is 8.00. The summed E-state index contributed by atoms with van der Waals surface area (Å²) in [6, 6.07) is 15.7. The van der Waals surface area contributed by atoms with Crippen LogP contribution in [0.1, 0.15) is 36.2 Å². The zero-order chi connectivity index (χ0) is 18.5. The maximum Gasteiger partial charge on any atom is 0.153 e. The molecule has 0 fully saturated rings. The van der Waals surface area contributed by atoms with E-state index in [4.69, 9.17) is 4.74 Å². The zero-order valence-corrected chi connectivity index (χ0v) is 15.5. The van der Waals surface area contributed by atoms with Crippen LogP contribution in [0.5, 0.6) is 5.75 Å². The second-order valence-corrected chi connectivity index (χ2v) is 6.84. The number of nitrogens with zero attached hydrogens (tertiary/aromatic N) is 2. The molecule has 26 heavy (non-hydrogen) atoms. The molecule has 4 nitrogen and oxygen atoms in total. The summed E-state index contributed by atoms with van der Waals surface area (Å²) in [5, 5.41) is 4.62. The lowest BCUT2D eigenvalue weighted by molar-refractivity contribution is 0.112. The van der Waals surface area contributed by atoms with Crippen LogP contribution in [-0.2, 0) is 0 Å². The fourth-order valence-electron chi connectivity index (χ4n) is 2.77. The van der Waals surface area contributed by atoms with Crippen LogP contribution in [0.4, 0.5) is 0 Å². The van der Waals surface area contributed by atoms with E-state index in [2.05, 4.69) is 18.9 Å². The van der Waals surface area contributed by atoms with Crippen LogP contribution in [0.3, 0.4) is 0 Å². The highest BCUT2D eigenvalue weighted by atomic mass is 16.5. The molecule has 0 aliphatic heterocycles. The molecule has 0 saturated carbocycles. The largest absolute Gasteiger partial charge is 0.493 e. The van der Waals surface area contributed by atoms with E-state index in [1.807, 2.05) is 55.5 Å². The summed E-state index contributed by atoms with van der Waals surface area (Å²) in [6.07, 6.45) is 3.64. The van der Waals surface area contributed by atoms with Gasteiger partial charge >= 0.3 is 0 Å². The maximum atomic E-state index is 11.5. The molecule has 1 heterocycles. The molecule has 0 amide bonds. The third kappa shape index (κ3) is 4.02. The van der Waals surface area contributed by atoms with E-state index in [0.717, 1.165) is 35.3 Å². The molecule has 4 heteroatoms. The van der Waals surface area contributed by atoms with Gasteiger partial charge in [0.25, 0.3) is 0 Å². The normalized spacial score (nSPS) is 10.9. The lowest BCUT2D eigenvalue weighted by Gasteiger charge is -2.11. The summed E-state index contributed by atoms with van der Waals surface area (Å²) in [4.78, 5) is 11.5. The predicted molar refractivity (Wildman–Crippen MR) is 104 cm³/mol. The highest BCUT2D eigenvalue weighted by Crippen LogP contribution is 2.28. The SMILES string of the molecule is Cc1cc(-c2nn(-c3ccccc3)cc2C=O)ccc1OCCC(C)C. The number of benzene rings is 2. The number of rotatable bonds is 7. The zero-order valence-electron chi connectivity index (χ0n) is 15.5. The third-order valence-electron chi connectivity index (χ3n) is 4.29. The van der Waals surface area contributed by atoms with Gasteiger partial charge in [0.1, 0.15) is 11.4 Å². The van der Waals surface area contributed by atoms with Gasteiger partial charge in [-0.2, -0.15) is 5.10 Å². The summed E-state index contributed by atoms with van der Waals surface area (Å²) in [6.45, 7) is 7.09. The van der Waals surface area contributed by atoms with Gasteiger partial charge < -0.3 is 4.74 Å². The van der Waals surface area contributed by atoms with Crippen molar-refractivity contribution in [2.75, 3.05) is 6.61 Å². The molecule has 0 bridgehead atoms. The molecule has 3 aromatic rings. The average molecular weight is 348 g/mol. The van der Waals surface area contributed by atoms with Gasteiger partial charge in [0.2, 0.25) is 0 Å². The van der Waals surface area contributed by atoms with Crippen molar-refractivity contribution in [2.24, 2.45) is 5.92 Å². The minimum Gasteiger partial charge on any atom is -0.493 e. The minimum atomic E-state index is 0.571. The maximum absolute atomic E-state index is 11.5. The van der Waals surface area contributed by atoms with Gasteiger partial charge in [-0.3, -0.25) is 4.79 Å².